The molecule has 0 saturated heterocycles. The monoisotopic (exact) mass is 418 g/mol. The van der Waals surface area contributed by atoms with Gasteiger partial charge in [0.25, 0.3) is 0 Å². The van der Waals surface area contributed by atoms with E-state index in [1.54, 1.807) is 12.1 Å². The van der Waals surface area contributed by atoms with E-state index < -0.39 is 19.9 Å². The van der Waals surface area contributed by atoms with Gasteiger partial charge in [-0.25, -0.2) is 4.79 Å². The van der Waals surface area contributed by atoms with E-state index in [9.17, 15) is 14.4 Å². The molecule has 1 aliphatic rings. The second-order valence-corrected chi connectivity index (χ2v) is 7.32. The molecule has 8 heteroatoms. The molecule has 0 amide bonds. The van der Waals surface area contributed by atoms with Crippen molar-refractivity contribution in [3.8, 4) is 5.75 Å². The number of hydrogen-bond acceptors (Lipinski definition) is 7. The number of fused-ring (bicyclic) bond motifs is 1. The fourth-order valence-electron chi connectivity index (χ4n) is 3.53. The highest BCUT2D eigenvalue weighted by atomic mass is 16.7. The molecule has 1 aromatic carbocycles. The van der Waals surface area contributed by atoms with Gasteiger partial charge in [0.2, 0.25) is 6.79 Å². The molecule has 1 heterocycles. The molecule has 0 aromatic heterocycles. The van der Waals surface area contributed by atoms with Crippen LogP contribution in [-0.4, -0.2) is 38.2 Å². The Morgan fingerprint density at radius 1 is 1.13 bits per heavy atom. The summed E-state index contributed by atoms with van der Waals surface area (Å²) in [6, 6.07) is 5.21. The third-order valence-corrected chi connectivity index (χ3v) is 5.34. The summed E-state index contributed by atoms with van der Waals surface area (Å²) >= 11 is 0. The first kappa shape index (κ1) is 23.9. The molecule has 2 rings (SSSR count). The lowest BCUT2D eigenvalue weighted by Crippen LogP contribution is -2.38. The van der Waals surface area contributed by atoms with Gasteiger partial charge in [-0.1, -0.05) is 32.9 Å². The van der Waals surface area contributed by atoms with Crippen LogP contribution in [0.4, 0.5) is 0 Å². The zero-order valence-electron chi connectivity index (χ0n) is 18.3. The van der Waals surface area contributed by atoms with Gasteiger partial charge in [-0.2, -0.15) is 0 Å². The van der Waals surface area contributed by atoms with Crippen molar-refractivity contribution in [2.24, 2.45) is 5.92 Å². The van der Waals surface area contributed by atoms with Gasteiger partial charge >= 0.3 is 19.1 Å². The van der Waals surface area contributed by atoms with E-state index in [4.69, 9.17) is 18.8 Å². The average Bonchev–Trinajstić information content (AvgIpc) is 2.74. The Bertz CT molecular complexity index is 745. The third kappa shape index (κ3) is 6.08. The second-order valence-electron chi connectivity index (χ2n) is 7.32. The van der Waals surface area contributed by atoms with Crippen molar-refractivity contribution in [3.05, 3.63) is 29.3 Å². The normalized spacial score (nSPS) is 15.4. The number of Topliss-reactive ketones (excluding diaryl/α,β-unsaturated/α-hetero) is 1. The Kier molecular flexibility index (Phi) is 9.37. The van der Waals surface area contributed by atoms with E-state index in [1.807, 2.05) is 33.8 Å². The maximum atomic E-state index is 12.6. The number of carbonyl (C=O) groups excluding carboxylic acids is 3. The molecule has 0 bridgehead atoms. The molecule has 0 radical (unpaired) electrons. The molecular weight excluding hydrogens is 387 g/mol. The minimum atomic E-state index is -0.637. The third-order valence-electron chi connectivity index (χ3n) is 5.34. The SMILES string of the molecule is CCOB1Oc2c(cccc2C(=O)OCOC(=O)C(CC)CC)CC1CC(=O)CC. The number of benzene rings is 1. The topological polar surface area (TPSA) is 88.1 Å². The smallest absolute Gasteiger partial charge is 0.529 e. The summed E-state index contributed by atoms with van der Waals surface area (Å²) in [5, 5.41) is 0. The molecule has 0 fully saturated rings. The summed E-state index contributed by atoms with van der Waals surface area (Å²) in [5.41, 5.74) is 1.07. The van der Waals surface area contributed by atoms with Crippen LogP contribution in [0.3, 0.4) is 0 Å². The molecule has 0 N–H and O–H groups in total. The summed E-state index contributed by atoms with van der Waals surface area (Å²) < 4.78 is 21.9. The summed E-state index contributed by atoms with van der Waals surface area (Å²) in [7, 11) is -0.611. The molecule has 0 aliphatic carbocycles. The maximum absolute atomic E-state index is 12.6. The van der Waals surface area contributed by atoms with Crippen LogP contribution in [-0.2, 0) is 30.1 Å². The van der Waals surface area contributed by atoms with Crippen LogP contribution in [0.2, 0.25) is 5.82 Å². The van der Waals surface area contributed by atoms with Crippen molar-refractivity contribution < 1.29 is 33.2 Å². The van der Waals surface area contributed by atoms with E-state index in [1.165, 1.54) is 0 Å². The van der Waals surface area contributed by atoms with Crippen molar-refractivity contribution in [1.82, 2.24) is 0 Å². The lowest BCUT2D eigenvalue weighted by molar-refractivity contribution is -0.157. The molecule has 0 spiro atoms. The van der Waals surface area contributed by atoms with E-state index in [0.717, 1.165) is 5.56 Å². The van der Waals surface area contributed by atoms with E-state index >= 15 is 0 Å². The van der Waals surface area contributed by atoms with Crippen molar-refractivity contribution in [2.45, 2.75) is 65.6 Å². The number of ketones is 1. The summed E-state index contributed by atoms with van der Waals surface area (Å²) in [4.78, 5) is 36.5. The van der Waals surface area contributed by atoms with Crippen LogP contribution in [0.15, 0.2) is 18.2 Å². The molecule has 1 aliphatic heterocycles. The van der Waals surface area contributed by atoms with Crippen LogP contribution in [0.25, 0.3) is 0 Å². The number of para-hydroxylation sites is 1. The number of rotatable bonds is 11. The van der Waals surface area contributed by atoms with Gasteiger partial charge < -0.3 is 18.8 Å². The molecule has 30 heavy (non-hydrogen) atoms. The minimum Gasteiger partial charge on any atom is -0.535 e. The molecule has 0 saturated carbocycles. The van der Waals surface area contributed by atoms with Gasteiger partial charge in [0.1, 0.15) is 17.1 Å². The van der Waals surface area contributed by atoms with Crippen molar-refractivity contribution >= 4 is 24.8 Å². The Morgan fingerprint density at radius 3 is 2.50 bits per heavy atom. The van der Waals surface area contributed by atoms with Crippen molar-refractivity contribution in [3.63, 3.8) is 0 Å². The van der Waals surface area contributed by atoms with Crippen LogP contribution in [0.5, 0.6) is 5.75 Å². The number of esters is 2. The standard InChI is InChI=1S/C22H31BO7/c1-5-15(6-2)21(25)27-14-28-22(26)19-11-9-10-16-12-17(13-18(24)7-3)23(29-8-4)30-20(16)19/h9-11,15,17H,5-8,12-14H2,1-4H3. The Balaban J connectivity index is 2.09. The highest BCUT2D eigenvalue weighted by Crippen LogP contribution is 2.37. The molecule has 1 aromatic rings. The molecule has 1 atom stereocenters. The van der Waals surface area contributed by atoms with Crippen LogP contribution < -0.4 is 4.65 Å². The highest BCUT2D eigenvalue weighted by molar-refractivity contribution is 6.48. The Morgan fingerprint density at radius 2 is 1.87 bits per heavy atom. The molecule has 164 valence electrons. The summed E-state index contributed by atoms with van der Waals surface area (Å²) in [5.74, 6) is -0.788. The first-order valence-electron chi connectivity index (χ1n) is 10.7. The minimum absolute atomic E-state index is 0.114. The highest BCUT2D eigenvalue weighted by Gasteiger charge is 2.39. The maximum Gasteiger partial charge on any atom is 0.529 e. The van der Waals surface area contributed by atoms with Gasteiger partial charge in [-0.15, -0.1) is 0 Å². The first-order valence-corrected chi connectivity index (χ1v) is 10.7. The quantitative estimate of drug-likeness (QED) is 0.305. The molecular formula is C22H31BO7. The first-order chi connectivity index (χ1) is 14.4. The summed E-state index contributed by atoms with van der Waals surface area (Å²) in [6.45, 7) is 7.48. The predicted molar refractivity (Wildman–Crippen MR) is 112 cm³/mol. The largest absolute Gasteiger partial charge is 0.535 e. The van der Waals surface area contributed by atoms with Gasteiger partial charge in [0.05, 0.1) is 5.92 Å². The fourth-order valence-corrected chi connectivity index (χ4v) is 3.53. The predicted octanol–water partition coefficient (Wildman–Crippen LogP) is 3.98. The fraction of sp³-hybridized carbons (Fsp3) is 0.591. The Hall–Kier alpha value is -2.35. The number of ether oxygens (including phenoxy) is 2. The Labute approximate surface area is 178 Å². The van der Waals surface area contributed by atoms with Crippen LogP contribution >= 0.6 is 0 Å². The van der Waals surface area contributed by atoms with Gasteiger partial charge in [0, 0.05) is 25.3 Å². The molecule has 1 unspecified atom stereocenters. The van der Waals surface area contributed by atoms with Crippen molar-refractivity contribution in [1.29, 1.82) is 0 Å². The van der Waals surface area contributed by atoms with E-state index in [0.29, 0.717) is 44.5 Å². The van der Waals surface area contributed by atoms with E-state index in [-0.39, 0.29) is 29.1 Å². The van der Waals surface area contributed by atoms with E-state index in [2.05, 4.69) is 0 Å². The van der Waals surface area contributed by atoms with Crippen LogP contribution in [0, 0.1) is 5.92 Å². The summed E-state index contributed by atoms with van der Waals surface area (Å²) in [6.07, 6.45) is 2.73. The van der Waals surface area contributed by atoms with Gasteiger partial charge in [-0.05, 0) is 37.8 Å². The average molecular weight is 418 g/mol. The number of carbonyl (C=O) groups is 3. The van der Waals surface area contributed by atoms with Crippen LogP contribution in [0.1, 0.15) is 69.3 Å². The van der Waals surface area contributed by atoms with Gasteiger partial charge in [-0.3, -0.25) is 9.59 Å². The zero-order chi connectivity index (χ0) is 22.1. The van der Waals surface area contributed by atoms with Crippen molar-refractivity contribution in [2.75, 3.05) is 13.4 Å². The molecule has 7 nitrogen and oxygen atoms in total. The lowest BCUT2D eigenvalue weighted by atomic mass is 9.64. The zero-order valence-corrected chi connectivity index (χ0v) is 18.3. The second kappa shape index (κ2) is 11.7. The number of hydrogen-bond donors (Lipinski definition) is 0. The lowest BCUT2D eigenvalue weighted by Gasteiger charge is -2.30. The van der Waals surface area contributed by atoms with Gasteiger partial charge in [0.15, 0.2) is 0 Å².